The Kier molecular flexibility index (Phi) is 7.00. The second-order valence-corrected chi connectivity index (χ2v) is 8.13. The fourth-order valence-corrected chi connectivity index (χ4v) is 3.83. The Morgan fingerprint density at radius 1 is 0.882 bits per heavy atom. The topological polar surface area (TPSA) is 49.8 Å². The van der Waals surface area contributed by atoms with Crippen molar-refractivity contribution in [1.82, 2.24) is 15.3 Å². The van der Waals surface area contributed by atoms with Crippen molar-refractivity contribution >= 4 is 28.3 Å². The summed E-state index contributed by atoms with van der Waals surface area (Å²) in [5.74, 6) is -0.00264. The van der Waals surface area contributed by atoms with Gasteiger partial charge in [0.1, 0.15) is 11.6 Å². The Morgan fingerprint density at radius 2 is 1.65 bits per heavy atom. The predicted octanol–water partition coefficient (Wildman–Crippen LogP) is 6.80. The van der Waals surface area contributed by atoms with Crippen molar-refractivity contribution in [3.8, 4) is 22.5 Å². The molecule has 0 amide bonds. The second-order valence-electron chi connectivity index (χ2n) is 7.72. The number of alkyl halides is 3. The summed E-state index contributed by atoms with van der Waals surface area (Å²) < 4.78 is 53.5. The first kappa shape index (κ1) is 23.9. The molecular weight excluding hydrogens is 468 g/mol. The molecule has 4 aromatic rings. The molecule has 176 valence electrons. The van der Waals surface area contributed by atoms with E-state index in [2.05, 4.69) is 20.6 Å². The zero-order valence-corrected chi connectivity index (χ0v) is 18.9. The molecular formula is C25H21ClF4N4. The second kappa shape index (κ2) is 9.95. The van der Waals surface area contributed by atoms with Gasteiger partial charge in [-0.1, -0.05) is 35.9 Å². The van der Waals surface area contributed by atoms with E-state index in [9.17, 15) is 17.6 Å². The fraction of sp³-hybridized carbons (Fsp3) is 0.200. The van der Waals surface area contributed by atoms with E-state index in [1.807, 2.05) is 19.2 Å². The number of halogens is 5. The van der Waals surface area contributed by atoms with Crippen LogP contribution in [0.25, 0.3) is 33.4 Å². The molecule has 0 aliphatic carbocycles. The van der Waals surface area contributed by atoms with Crippen LogP contribution in [0, 0.1) is 5.82 Å². The Bertz CT molecular complexity index is 1320. The molecule has 0 unspecified atom stereocenters. The van der Waals surface area contributed by atoms with Crippen molar-refractivity contribution in [2.45, 2.75) is 12.6 Å². The molecule has 0 radical (unpaired) electrons. The van der Waals surface area contributed by atoms with Crippen molar-refractivity contribution < 1.29 is 17.6 Å². The Labute approximate surface area is 199 Å². The smallest absolute Gasteiger partial charge is 0.369 e. The molecule has 0 fully saturated rings. The summed E-state index contributed by atoms with van der Waals surface area (Å²) in [6.45, 7) is 1.50. The summed E-state index contributed by atoms with van der Waals surface area (Å²) >= 11 is 6.40. The van der Waals surface area contributed by atoms with Crippen LogP contribution in [0.3, 0.4) is 0 Å². The SMILES string of the molecule is CNCCCNc1nc(-c2cccc(-c3cc(F)cc(C(F)(F)F)c3)c2)nc2c(Cl)cccc12. The maximum atomic E-state index is 14.0. The van der Waals surface area contributed by atoms with Gasteiger partial charge in [-0.3, -0.25) is 0 Å². The summed E-state index contributed by atoms with van der Waals surface area (Å²) in [4.78, 5) is 9.27. The standard InChI is InChI=1S/C25H21ClF4N4/c1-31-9-4-10-32-24-20-7-3-8-21(26)22(20)33-23(34-24)16-6-2-5-15(11-16)17-12-18(25(28,29)30)14-19(27)13-17/h2-3,5-8,11-14,31H,4,9-10H2,1H3,(H,32,33,34). The number of para-hydroxylation sites is 1. The van der Waals surface area contributed by atoms with Gasteiger partial charge in [-0.2, -0.15) is 13.2 Å². The zero-order valence-electron chi connectivity index (χ0n) is 18.2. The third-order valence-corrected chi connectivity index (χ3v) is 5.56. The van der Waals surface area contributed by atoms with Crippen LogP contribution in [-0.4, -0.2) is 30.1 Å². The van der Waals surface area contributed by atoms with Crippen LogP contribution in [0.15, 0.2) is 60.7 Å². The molecule has 0 aliphatic rings. The number of anilines is 1. The molecule has 1 heterocycles. The molecule has 4 nitrogen and oxygen atoms in total. The van der Waals surface area contributed by atoms with Gasteiger partial charge in [-0.05, 0) is 67.5 Å². The number of hydrogen-bond acceptors (Lipinski definition) is 4. The highest BCUT2D eigenvalue weighted by molar-refractivity contribution is 6.35. The summed E-state index contributed by atoms with van der Waals surface area (Å²) in [7, 11) is 1.88. The third-order valence-electron chi connectivity index (χ3n) is 5.25. The number of nitrogens with one attached hydrogen (secondary N) is 2. The minimum absolute atomic E-state index is 0.110. The molecule has 9 heteroatoms. The lowest BCUT2D eigenvalue weighted by atomic mass is 10.00. The number of benzene rings is 3. The molecule has 0 aliphatic heterocycles. The number of nitrogens with zero attached hydrogens (tertiary/aromatic N) is 2. The first-order chi connectivity index (χ1) is 16.3. The van der Waals surface area contributed by atoms with Crippen LogP contribution < -0.4 is 10.6 Å². The van der Waals surface area contributed by atoms with Crippen LogP contribution in [0.2, 0.25) is 5.02 Å². The predicted molar refractivity (Wildman–Crippen MR) is 127 cm³/mol. The number of rotatable bonds is 7. The third kappa shape index (κ3) is 5.29. The van der Waals surface area contributed by atoms with Gasteiger partial charge < -0.3 is 10.6 Å². The minimum atomic E-state index is -4.65. The van der Waals surface area contributed by atoms with Gasteiger partial charge in [0, 0.05) is 17.5 Å². The van der Waals surface area contributed by atoms with Gasteiger partial charge >= 0.3 is 6.18 Å². The lowest BCUT2D eigenvalue weighted by molar-refractivity contribution is -0.137. The highest BCUT2D eigenvalue weighted by Crippen LogP contribution is 2.35. The molecule has 0 saturated heterocycles. The number of hydrogen-bond donors (Lipinski definition) is 2. The van der Waals surface area contributed by atoms with Gasteiger partial charge in [0.15, 0.2) is 5.82 Å². The van der Waals surface area contributed by atoms with E-state index in [4.69, 9.17) is 11.6 Å². The van der Waals surface area contributed by atoms with Crippen LogP contribution >= 0.6 is 11.6 Å². The van der Waals surface area contributed by atoms with Gasteiger partial charge in [0.05, 0.1) is 16.1 Å². The average Bonchev–Trinajstić information content (AvgIpc) is 2.81. The van der Waals surface area contributed by atoms with Crippen molar-refractivity contribution in [3.05, 3.63) is 77.1 Å². The average molecular weight is 489 g/mol. The summed E-state index contributed by atoms with van der Waals surface area (Å²) in [5, 5.41) is 7.61. The maximum Gasteiger partial charge on any atom is 0.416 e. The molecule has 0 saturated carbocycles. The van der Waals surface area contributed by atoms with Crippen LogP contribution in [0.4, 0.5) is 23.4 Å². The summed E-state index contributed by atoms with van der Waals surface area (Å²) in [5.41, 5.74) is 0.596. The molecule has 34 heavy (non-hydrogen) atoms. The first-order valence-electron chi connectivity index (χ1n) is 10.6. The molecule has 4 rings (SSSR count). The van der Waals surface area contributed by atoms with Crippen LogP contribution in [0.5, 0.6) is 0 Å². The number of fused-ring (bicyclic) bond motifs is 1. The molecule has 3 aromatic carbocycles. The van der Waals surface area contributed by atoms with Crippen molar-refractivity contribution in [2.24, 2.45) is 0 Å². The summed E-state index contributed by atoms with van der Waals surface area (Å²) in [6.07, 6.45) is -3.78. The van der Waals surface area contributed by atoms with E-state index >= 15 is 0 Å². The van der Waals surface area contributed by atoms with Gasteiger partial charge in [-0.15, -0.1) is 0 Å². The number of aromatic nitrogens is 2. The maximum absolute atomic E-state index is 14.0. The Balaban J connectivity index is 1.78. The molecule has 0 bridgehead atoms. The van der Waals surface area contributed by atoms with E-state index < -0.39 is 17.6 Å². The first-order valence-corrected chi connectivity index (χ1v) is 11.0. The zero-order chi connectivity index (χ0) is 24.3. The van der Waals surface area contributed by atoms with E-state index in [1.165, 1.54) is 0 Å². The Morgan fingerprint density at radius 3 is 2.41 bits per heavy atom. The molecule has 2 N–H and O–H groups in total. The minimum Gasteiger partial charge on any atom is -0.369 e. The Hall–Kier alpha value is -3.23. The van der Waals surface area contributed by atoms with Crippen molar-refractivity contribution in [3.63, 3.8) is 0 Å². The van der Waals surface area contributed by atoms with Crippen molar-refractivity contribution in [2.75, 3.05) is 25.5 Å². The van der Waals surface area contributed by atoms with Gasteiger partial charge in [0.2, 0.25) is 0 Å². The summed E-state index contributed by atoms with van der Waals surface area (Å²) in [6, 6.07) is 14.6. The van der Waals surface area contributed by atoms with E-state index in [0.717, 1.165) is 30.5 Å². The fourth-order valence-electron chi connectivity index (χ4n) is 3.61. The van der Waals surface area contributed by atoms with E-state index in [0.29, 0.717) is 45.9 Å². The van der Waals surface area contributed by atoms with Crippen LogP contribution in [-0.2, 0) is 6.18 Å². The van der Waals surface area contributed by atoms with Crippen LogP contribution in [0.1, 0.15) is 12.0 Å². The normalized spacial score (nSPS) is 11.7. The lowest BCUT2D eigenvalue weighted by Crippen LogP contribution is -2.13. The van der Waals surface area contributed by atoms with E-state index in [1.54, 1.807) is 30.3 Å². The van der Waals surface area contributed by atoms with E-state index in [-0.39, 0.29) is 5.56 Å². The molecule has 0 spiro atoms. The van der Waals surface area contributed by atoms with Crippen molar-refractivity contribution in [1.29, 1.82) is 0 Å². The van der Waals surface area contributed by atoms with Gasteiger partial charge in [0.25, 0.3) is 0 Å². The highest BCUT2D eigenvalue weighted by Gasteiger charge is 2.31. The van der Waals surface area contributed by atoms with Gasteiger partial charge in [-0.25, -0.2) is 14.4 Å². The largest absolute Gasteiger partial charge is 0.416 e. The highest BCUT2D eigenvalue weighted by atomic mass is 35.5. The quantitative estimate of drug-likeness (QED) is 0.222. The monoisotopic (exact) mass is 488 g/mol. The molecule has 0 atom stereocenters. The lowest BCUT2D eigenvalue weighted by Gasteiger charge is -2.13. The molecule has 1 aromatic heterocycles.